The molecule has 1 aromatic carbocycles. The summed E-state index contributed by atoms with van der Waals surface area (Å²) in [6, 6.07) is 3.38. The van der Waals surface area contributed by atoms with Crippen LogP contribution in [0.3, 0.4) is 0 Å². The number of aliphatic hydroxyl groups excluding tert-OH is 1. The molecule has 0 spiro atoms. The molecule has 2 N–H and O–H groups in total. The van der Waals surface area contributed by atoms with Crippen LogP contribution in [0.2, 0.25) is 0 Å². The average molecular weight is 213 g/mol. The third-order valence-electron chi connectivity index (χ3n) is 2.78. The van der Waals surface area contributed by atoms with Gasteiger partial charge in [0.05, 0.1) is 11.7 Å². The molecule has 0 unspecified atom stereocenters. The van der Waals surface area contributed by atoms with Gasteiger partial charge in [0.2, 0.25) is 0 Å². The lowest BCUT2D eigenvalue weighted by Gasteiger charge is -2.19. The highest BCUT2D eigenvalue weighted by atomic mass is 19.1. The van der Waals surface area contributed by atoms with Crippen molar-refractivity contribution in [3.8, 4) is 0 Å². The quantitative estimate of drug-likeness (QED) is 0.784. The van der Waals surface area contributed by atoms with E-state index in [4.69, 9.17) is 0 Å². The minimum atomic E-state index is -1.10. The van der Waals surface area contributed by atoms with Crippen molar-refractivity contribution in [2.75, 3.05) is 6.54 Å². The highest BCUT2D eigenvalue weighted by Gasteiger charge is 2.28. The van der Waals surface area contributed by atoms with E-state index in [0.717, 1.165) is 31.5 Å². The van der Waals surface area contributed by atoms with Gasteiger partial charge in [-0.2, -0.15) is 0 Å². The van der Waals surface area contributed by atoms with Crippen LogP contribution >= 0.6 is 0 Å². The van der Waals surface area contributed by atoms with Crippen LogP contribution in [0.1, 0.15) is 24.5 Å². The van der Waals surface area contributed by atoms with Gasteiger partial charge in [-0.15, -0.1) is 0 Å². The topological polar surface area (TPSA) is 32.3 Å². The monoisotopic (exact) mass is 213 g/mol. The molecule has 4 heteroatoms. The lowest BCUT2D eigenvalue weighted by Crippen LogP contribution is -2.29. The molecule has 1 aliphatic heterocycles. The molecular formula is C11H13F2NO. The third kappa shape index (κ3) is 2.01. The van der Waals surface area contributed by atoms with Crippen LogP contribution in [-0.4, -0.2) is 17.7 Å². The van der Waals surface area contributed by atoms with Gasteiger partial charge in [0.25, 0.3) is 0 Å². The molecule has 0 aliphatic carbocycles. The molecule has 0 bridgehead atoms. The van der Waals surface area contributed by atoms with Gasteiger partial charge in [-0.3, -0.25) is 0 Å². The second-order valence-corrected chi connectivity index (χ2v) is 3.78. The van der Waals surface area contributed by atoms with E-state index in [0.29, 0.717) is 0 Å². The van der Waals surface area contributed by atoms with Gasteiger partial charge in [0, 0.05) is 6.04 Å². The second-order valence-electron chi connectivity index (χ2n) is 3.78. The molecule has 2 rings (SSSR count). The number of halogens is 2. The Morgan fingerprint density at radius 1 is 1.33 bits per heavy atom. The number of benzene rings is 1. The average Bonchev–Trinajstić information content (AvgIpc) is 2.69. The van der Waals surface area contributed by atoms with Crippen molar-refractivity contribution in [3.63, 3.8) is 0 Å². The minimum absolute atomic E-state index is 0.225. The molecule has 1 fully saturated rings. The molecule has 0 saturated carbocycles. The van der Waals surface area contributed by atoms with Crippen LogP contribution < -0.4 is 5.32 Å². The van der Waals surface area contributed by atoms with Crippen LogP contribution in [0.15, 0.2) is 18.2 Å². The maximum Gasteiger partial charge on any atom is 0.132 e. The Bertz CT molecular complexity index is 330. The van der Waals surface area contributed by atoms with E-state index in [1.807, 2.05) is 0 Å². The van der Waals surface area contributed by atoms with Gasteiger partial charge in [0.1, 0.15) is 11.6 Å². The molecule has 2 atom stereocenters. The minimum Gasteiger partial charge on any atom is -0.387 e. The predicted molar refractivity (Wildman–Crippen MR) is 52.3 cm³/mol. The summed E-state index contributed by atoms with van der Waals surface area (Å²) in [5, 5.41) is 12.9. The Hall–Kier alpha value is -1.00. The van der Waals surface area contributed by atoms with Crippen molar-refractivity contribution in [1.29, 1.82) is 0 Å². The molecule has 1 heterocycles. The van der Waals surface area contributed by atoms with E-state index >= 15 is 0 Å². The zero-order valence-electron chi connectivity index (χ0n) is 8.21. The molecule has 0 radical (unpaired) electrons. The van der Waals surface area contributed by atoms with E-state index in [9.17, 15) is 13.9 Å². The molecule has 0 amide bonds. The molecule has 0 aromatic heterocycles. The Morgan fingerprint density at radius 2 is 2.00 bits per heavy atom. The standard InChI is InChI=1S/C11H13F2NO/c12-7-3-1-4-8(13)10(7)11(15)9-5-2-6-14-9/h1,3-4,9,11,14-15H,2,5-6H2/t9-,11-/m0/s1. The van der Waals surface area contributed by atoms with E-state index in [1.54, 1.807) is 0 Å². The molecule has 2 nitrogen and oxygen atoms in total. The molecule has 1 aliphatic rings. The summed E-state index contributed by atoms with van der Waals surface area (Å²) < 4.78 is 26.7. The van der Waals surface area contributed by atoms with Crippen molar-refractivity contribution in [3.05, 3.63) is 35.4 Å². The van der Waals surface area contributed by atoms with E-state index < -0.39 is 17.7 Å². The highest BCUT2D eigenvalue weighted by molar-refractivity contribution is 5.23. The van der Waals surface area contributed by atoms with E-state index in [-0.39, 0.29) is 11.6 Å². The third-order valence-corrected chi connectivity index (χ3v) is 2.78. The van der Waals surface area contributed by atoms with Gasteiger partial charge in [-0.05, 0) is 31.5 Å². The first kappa shape index (κ1) is 10.5. The largest absolute Gasteiger partial charge is 0.387 e. The lowest BCUT2D eigenvalue weighted by molar-refractivity contribution is 0.129. The Morgan fingerprint density at radius 3 is 2.53 bits per heavy atom. The van der Waals surface area contributed by atoms with Crippen molar-refractivity contribution in [1.82, 2.24) is 5.32 Å². The fourth-order valence-electron chi connectivity index (χ4n) is 1.98. The number of hydrogen-bond donors (Lipinski definition) is 2. The van der Waals surface area contributed by atoms with E-state index in [1.165, 1.54) is 6.07 Å². The first-order valence-electron chi connectivity index (χ1n) is 5.05. The molecule has 82 valence electrons. The second kappa shape index (κ2) is 4.24. The van der Waals surface area contributed by atoms with Crippen LogP contribution in [0.5, 0.6) is 0 Å². The maximum absolute atomic E-state index is 13.3. The zero-order chi connectivity index (χ0) is 10.8. The van der Waals surface area contributed by atoms with E-state index in [2.05, 4.69) is 5.32 Å². The lowest BCUT2D eigenvalue weighted by atomic mass is 10.00. The molecule has 15 heavy (non-hydrogen) atoms. The number of rotatable bonds is 2. The van der Waals surface area contributed by atoms with Crippen LogP contribution in [-0.2, 0) is 0 Å². The normalized spacial score (nSPS) is 23.0. The Labute approximate surface area is 86.9 Å². The first-order valence-corrected chi connectivity index (χ1v) is 5.05. The van der Waals surface area contributed by atoms with Crippen LogP contribution in [0.4, 0.5) is 8.78 Å². The van der Waals surface area contributed by atoms with Crippen molar-refractivity contribution >= 4 is 0 Å². The summed E-state index contributed by atoms with van der Waals surface area (Å²) >= 11 is 0. The summed E-state index contributed by atoms with van der Waals surface area (Å²) in [7, 11) is 0. The van der Waals surface area contributed by atoms with Gasteiger partial charge >= 0.3 is 0 Å². The summed E-state index contributed by atoms with van der Waals surface area (Å²) in [5.74, 6) is -1.37. The maximum atomic E-state index is 13.3. The van der Waals surface area contributed by atoms with Gasteiger partial charge in [-0.1, -0.05) is 6.07 Å². The molecule has 1 aromatic rings. The number of aliphatic hydroxyl groups is 1. The van der Waals surface area contributed by atoms with Crippen LogP contribution in [0, 0.1) is 11.6 Å². The fraction of sp³-hybridized carbons (Fsp3) is 0.455. The van der Waals surface area contributed by atoms with Gasteiger partial charge in [0.15, 0.2) is 0 Å². The Balaban J connectivity index is 2.27. The first-order chi connectivity index (χ1) is 7.20. The fourth-order valence-corrected chi connectivity index (χ4v) is 1.98. The zero-order valence-corrected chi connectivity index (χ0v) is 8.21. The highest BCUT2D eigenvalue weighted by Crippen LogP contribution is 2.26. The number of nitrogens with one attached hydrogen (secondary N) is 1. The molecular weight excluding hydrogens is 200 g/mol. The Kier molecular flexibility index (Phi) is 2.98. The van der Waals surface area contributed by atoms with Crippen molar-refractivity contribution < 1.29 is 13.9 Å². The summed E-state index contributed by atoms with van der Waals surface area (Å²) in [4.78, 5) is 0. The predicted octanol–water partition coefficient (Wildman–Crippen LogP) is 1.75. The summed E-state index contributed by atoms with van der Waals surface area (Å²) in [5.41, 5.74) is -0.225. The SMILES string of the molecule is O[C@H](c1c(F)cccc1F)[C@@H]1CCCN1. The number of hydrogen-bond acceptors (Lipinski definition) is 2. The van der Waals surface area contributed by atoms with Gasteiger partial charge in [-0.25, -0.2) is 8.78 Å². The van der Waals surface area contributed by atoms with Crippen molar-refractivity contribution in [2.45, 2.75) is 25.0 Å². The smallest absolute Gasteiger partial charge is 0.132 e. The summed E-state index contributed by atoms with van der Waals surface area (Å²) in [6.07, 6.45) is 0.570. The van der Waals surface area contributed by atoms with Gasteiger partial charge < -0.3 is 10.4 Å². The summed E-state index contributed by atoms with van der Waals surface area (Å²) in [6.45, 7) is 0.789. The molecule has 1 saturated heterocycles. The van der Waals surface area contributed by atoms with Crippen molar-refractivity contribution in [2.24, 2.45) is 0 Å². The van der Waals surface area contributed by atoms with Crippen LogP contribution in [0.25, 0.3) is 0 Å².